The maximum absolute atomic E-state index is 5.83. The van der Waals surface area contributed by atoms with Crippen LogP contribution in [0.15, 0.2) is 17.5 Å². The van der Waals surface area contributed by atoms with Gasteiger partial charge in [-0.3, -0.25) is 0 Å². The molecule has 0 saturated heterocycles. The van der Waals surface area contributed by atoms with Gasteiger partial charge in [-0.05, 0) is 18.4 Å². The molecule has 1 unspecified atom stereocenters. The van der Waals surface area contributed by atoms with Gasteiger partial charge in [0.2, 0.25) is 0 Å². The summed E-state index contributed by atoms with van der Waals surface area (Å²) in [5.41, 5.74) is 5.65. The summed E-state index contributed by atoms with van der Waals surface area (Å²) >= 11 is 1.74. The van der Waals surface area contributed by atoms with Crippen molar-refractivity contribution >= 4 is 11.3 Å². The molecule has 3 N–H and O–H groups in total. The fourth-order valence-electron chi connectivity index (χ4n) is 1.57. The van der Waals surface area contributed by atoms with Crippen molar-refractivity contribution in [2.45, 2.75) is 31.7 Å². The standard InChI is InChI=1S/C12H22N2O2S/c1-12(9-13,7-11(15-2)16-3)14-8-10-5-4-6-17-10/h4-6,11,14H,7-9,13H2,1-3H3. The van der Waals surface area contributed by atoms with E-state index in [0.29, 0.717) is 6.54 Å². The molecule has 0 saturated carbocycles. The first-order chi connectivity index (χ1) is 8.13. The Bertz CT molecular complexity index is 301. The van der Waals surface area contributed by atoms with Crippen molar-refractivity contribution in [3.63, 3.8) is 0 Å². The van der Waals surface area contributed by atoms with Crippen LogP contribution < -0.4 is 11.1 Å². The van der Waals surface area contributed by atoms with Crippen LogP contribution >= 0.6 is 11.3 Å². The molecular weight excluding hydrogens is 236 g/mol. The minimum Gasteiger partial charge on any atom is -0.356 e. The van der Waals surface area contributed by atoms with Crippen LogP contribution in [-0.2, 0) is 16.0 Å². The molecule has 17 heavy (non-hydrogen) atoms. The largest absolute Gasteiger partial charge is 0.356 e. The molecule has 0 aliphatic carbocycles. The second kappa shape index (κ2) is 7.08. The van der Waals surface area contributed by atoms with Crippen LogP contribution in [0.3, 0.4) is 0 Å². The maximum atomic E-state index is 5.83. The average Bonchev–Trinajstić information content (AvgIpc) is 2.87. The topological polar surface area (TPSA) is 56.5 Å². The normalized spacial score (nSPS) is 15.1. The van der Waals surface area contributed by atoms with Gasteiger partial charge in [0.1, 0.15) is 0 Å². The van der Waals surface area contributed by atoms with Gasteiger partial charge < -0.3 is 20.5 Å². The molecular formula is C12H22N2O2S. The number of hydrogen-bond acceptors (Lipinski definition) is 5. The van der Waals surface area contributed by atoms with Crippen LogP contribution in [-0.4, -0.2) is 32.6 Å². The summed E-state index contributed by atoms with van der Waals surface area (Å²) in [4.78, 5) is 1.30. The maximum Gasteiger partial charge on any atom is 0.158 e. The van der Waals surface area contributed by atoms with E-state index in [1.54, 1.807) is 25.6 Å². The van der Waals surface area contributed by atoms with Crippen molar-refractivity contribution in [3.8, 4) is 0 Å². The molecule has 0 aliphatic rings. The lowest BCUT2D eigenvalue weighted by Gasteiger charge is -2.32. The van der Waals surface area contributed by atoms with E-state index in [1.807, 2.05) is 0 Å². The first kappa shape index (κ1) is 14.6. The van der Waals surface area contributed by atoms with Crippen LogP contribution in [0.1, 0.15) is 18.2 Å². The molecule has 0 aromatic carbocycles. The Labute approximate surface area is 107 Å². The summed E-state index contributed by atoms with van der Waals surface area (Å²) < 4.78 is 10.4. The highest BCUT2D eigenvalue weighted by Gasteiger charge is 2.26. The molecule has 1 heterocycles. The van der Waals surface area contributed by atoms with Gasteiger partial charge in [-0.25, -0.2) is 0 Å². The fraction of sp³-hybridized carbons (Fsp3) is 0.667. The molecule has 98 valence electrons. The van der Waals surface area contributed by atoms with Gasteiger partial charge in [-0.1, -0.05) is 6.07 Å². The smallest absolute Gasteiger partial charge is 0.158 e. The molecule has 0 bridgehead atoms. The van der Waals surface area contributed by atoms with Gasteiger partial charge in [0.25, 0.3) is 0 Å². The second-order valence-electron chi connectivity index (χ2n) is 4.30. The summed E-state index contributed by atoms with van der Waals surface area (Å²) in [6.07, 6.45) is 0.501. The van der Waals surface area contributed by atoms with E-state index < -0.39 is 0 Å². The number of ether oxygens (including phenoxy) is 2. The number of nitrogens with one attached hydrogen (secondary N) is 1. The molecule has 5 heteroatoms. The predicted octanol–water partition coefficient (Wildman–Crippen LogP) is 1.56. The third kappa shape index (κ3) is 4.73. The molecule has 1 rings (SSSR count). The number of rotatable bonds is 8. The Kier molecular flexibility index (Phi) is 6.08. The quantitative estimate of drug-likeness (QED) is 0.695. The van der Waals surface area contributed by atoms with E-state index in [-0.39, 0.29) is 11.8 Å². The number of thiophene rings is 1. The zero-order valence-electron chi connectivity index (χ0n) is 10.7. The van der Waals surface area contributed by atoms with E-state index in [1.165, 1.54) is 4.88 Å². The van der Waals surface area contributed by atoms with Crippen LogP contribution in [0.4, 0.5) is 0 Å². The van der Waals surface area contributed by atoms with E-state index in [9.17, 15) is 0 Å². The Balaban J connectivity index is 2.49. The molecule has 0 spiro atoms. The zero-order valence-corrected chi connectivity index (χ0v) is 11.5. The monoisotopic (exact) mass is 258 g/mol. The molecule has 0 amide bonds. The molecule has 1 aromatic rings. The lowest BCUT2D eigenvalue weighted by molar-refractivity contribution is -0.117. The molecule has 0 aliphatic heterocycles. The lowest BCUT2D eigenvalue weighted by atomic mass is 9.97. The lowest BCUT2D eigenvalue weighted by Crippen LogP contribution is -2.50. The molecule has 1 atom stereocenters. The van der Waals surface area contributed by atoms with Crippen molar-refractivity contribution in [1.82, 2.24) is 5.32 Å². The highest BCUT2D eigenvalue weighted by molar-refractivity contribution is 7.09. The summed E-state index contributed by atoms with van der Waals surface area (Å²) in [6, 6.07) is 4.16. The Morgan fingerprint density at radius 2 is 2.18 bits per heavy atom. The zero-order chi connectivity index (χ0) is 12.7. The minimum absolute atomic E-state index is 0.180. The molecule has 0 fully saturated rings. The van der Waals surface area contributed by atoms with Gasteiger partial charge in [-0.2, -0.15) is 0 Å². The van der Waals surface area contributed by atoms with Crippen LogP contribution in [0.2, 0.25) is 0 Å². The number of methoxy groups -OCH3 is 2. The Morgan fingerprint density at radius 3 is 2.65 bits per heavy atom. The van der Waals surface area contributed by atoms with Crippen LogP contribution in [0, 0.1) is 0 Å². The van der Waals surface area contributed by atoms with Crippen molar-refractivity contribution in [3.05, 3.63) is 22.4 Å². The van der Waals surface area contributed by atoms with Gasteiger partial charge in [0.15, 0.2) is 6.29 Å². The van der Waals surface area contributed by atoms with Gasteiger partial charge in [0, 0.05) is 44.1 Å². The SMILES string of the molecule is COC(CC(C)(CN)NCc1cccs1)OC. The van der Waals surface area contributed by atoms with Crippen molar-refractivity contribution in [2.24, 2.45) is 5.73 Å². The number of hydrogen-bond donors (Lipinski definition) is 2. The van der Waals surface area contributed by atoms with E-state index >= 15 is 0 Å². The van der Waals surface area contributed by atoms with Crippen LogP contribution in [0.25, 0.3) is 0 Å². The Morgan fingerprint density at radius 1 is 1.47 bits per heavy atom. The van der Waals surface area contributed by atoms with Crippen molar-refractivity contribution in [2.75, 3.05) is 20.8 Å². The van der Waals surface area contributed by atoms with Crippen molar-refractivity contribution < 1.29 is 9.47 Å². The van der Waals surface area contributed by atoms with E-state index in [4.69, 9.17) is 15.2 Å². The summed E-state index contributed by atoms with van der Waals surface area (Å²) in [6.45, 7) is 3.46. The molecule has 1 aromatic heterocycles. The van der Waals surface area contributed by atoms with Gasteiger partial charge in [0.05, 0.1) is 0 Å². The third-order valence-electron chi connectivity index (χ3n) is 2.86. The van der Waals surface area contributed by atoms with Crippen molar-refractivity contribution in [1.29, 1.82) is 0 Å². The molecule has 0 radical (unpaired) electrons. The first-order valence-electron chi connectivity index (χ1n) is 5.66. The first-order valence-corrected chi connectivity index (χ1v) is 6.54. The summed E-state index contributed by atoms with van der Waals surface area (Å²) in [5.74, 6) is 0. The summed E-state index contributed by atoms with van der Waals surface area (Å²) in [7, 11) is 3.29. The minimum atomic E-state index is -0.223. The number of nitrogens with two attached hydrogens (primary N) is 1. The highest BCUT2D eigenvalue weighted by Crippen LogP contribution is 2.16. The second-order valence-corrected chi connectivity index (χ2v) is 5.34. The molecule has 4 nitrogen and oxygen atoms in total. The average molecular weight is 258 g/mol. The van der Waals surface area contributed by atoms with Gasteiger partial charge >= 0.3 is 0 Å². The fourth-order valence-corrected chi connectivity index (χ4v) is 2.22. The van der Waals surface area contributed by atoms with Crippen LogP contribution in [0.5, 0.6) is 0 Å². The van der Waals surface area contributed by atoms with Gasteiger partial charge in [-0.15, -0.1) is 11.3 Å². The van der Waals surface area contributed by atoms with E-state index in [0.717, 1.165) is 13.0 Å². The Hall–Kier alpha value is -0.460. The highest BCUT2D eigenvalue weighted by atomic mass is 32.1. The summed E-state index contributed by atoms with van der Waals surface area (Å²) in [5, 5.41) is 5.55. The third-order valence-corrected chi connectivity index (χ3v) is 3.74. The predicted molar refractivity (Wildman–Crippen MR) is 71.0 cm³/mol. The van der Waals surface area contributed by atoms with E-state index in [2.05, 4.69) is 29.8 Å².